The first-order valence-corrected chi connectivity index (χ1v) is 7.43. The van der Waals surface area contributed by atoms with Crippen LogP contribution in [0.3, 0.4) is 0 Å². The van der Waals surface area contributed by atoms with Gasteiger partial charge in [0.05, 0.1) is 9.40 Å². The topological polar surface area (TPSA) is 84.3 Å². The molecule has 0 atom stereocenters. The summed E-state index contributed by atoms with van der Waals surface area (Å²) in [6.07, 6.45) is 0.371. The average Bonchev–Trinajstić information content (AvgIpc) is 2.34. The van der Waals surface area contributed by atoms with Crippen LogP contribution in [-0.4, -0.2) is 22.9 Å². The summed E-state index contributed by atoms with van der Waals surface area (Å²) in [7, 11) is 0. The van der Waals surface area contributed by atoms with E-state index < -0.39 is 4.92 Å². The summed E-state index contributed by atoms with van der Waals surface area (Å²) in [5.74, 6) is -0.0169. The van der Waals surface area contributed by atoms with Gasteiger partial charge in [-0.15, -0.1) is 0 Å². The quantitative estimate of drug-likeness (QED) is 0.465. The van der Waals surface area contributed by atoms with Crippen molar-refractivity contribution in [1.29, 1.82) is 0 Å². The van der Waals surface area contributed by atoms with Gasteiger partial charge in [-0.25, -0.2) is 0 Å². The van der Waals surface area contributed by atoms with Crippen LogP contribution in [0.25, 0.3) is 0 Å². The number of nitrogens with one attached hydrogen (secondary N) is 2. The molecule has 0 aliphatic carbocycles. The Hall–Kier alpha value is -1.47. The van der Waals surface area contributed by atoms with Gasteiger partial charge in [0, 0.05) is 31.1 Å². The molecule has 0 unspecified atom stereocenters. The van der Waals surface area contributed by atoms with E-state index in [0.717, 1.165) is 5.56 Å². The molecule has 1 rings (SSSR count). The van der Waals surface area contributed by atoms with Crippen LogP contribution in [0.15, 0.2) is 22.7 Å². The maximum atomic E-state index is 11.6. The molecular formula is C14H20BrN3O3. The molecule has 1 aromatic rings. The van der Waals surface area contributed by atoms with Crippen molar-refractivity contribution >= 4 is 27.5 Å². The van der Waals surface area contributed by atoms with E-state index in [4.69, 9.17) is 0 Å². The molecule has 116 valence electrons. The third-order valence-corrected chi connectivity index (χ3v) is 3.25. The Morgan fingerprint density at radius 2 is 2.05 bits per heavy atom. The number of rotatable bonds is 6. The first-order chi connectivity index (χ1) is 9.69. The molecule has 0 bridgehead atoms. The molecular weight excluding hydrogens is 338 g/mol. The number of hydrogen-bond donors (Lipinski definition) is 2. The van der Waals surface area contributed by atoms with Gasteiger partial charge in [-0.1, -0.05) is 6.07 Å². The van der Waals surface area contributed by atoms with Gasteiger partial charge < -0.3 is 10.6 Å². The van der Waals surface area contributed by atoms with E-state index in [2.05, 4.69) is 26.6 Å². The third kappa shape index (κ3) is 6.68. The van der Waals surface area contributed by atoms with Gasteiger partial charge in [-0.2, -0.15) is 0 Å². The van der Waals surface area contributed by atoms with Gasteiger partial charge in [0.25, 0.3) is 5.69 Å². The normalized spacial score (nSPS) is 11.2. The molecule has 0 fully saturated rings. The van der Waals surface area contributed by atoms with Crippen molar-refractivity contribution in [3.63, 3.8) is 0 Å². The Labute approximate surface area is 132 Å². The molecule has 0 spiro atoms. The highest BCUT2D eigenvalue weighted by Crippen LogP contribution is 2.25. The fourth-order valence-electron chi connectivity index (χ4n) is 1.72. The van der Waals surface area contributed by atoms with E-state index in [0.29, 0.717) is 24.0 Å². The lowest BCUT2D eigenvalue weighted by Crippen LogP contribution is -2.41. The highest BCUT2D eigenvalue weighted by molar-refractivity contribution is 9.10. The number of hydrogen-bond acceptors (Lipinski definition) is 4. The van der Waals surface area contributed by atoms with Crippen LogP contribution in [0.2, 0.25) is 0 Å². The summed E-state index contributed by atoms with van der Waals surface area (Å²) >= 11 is 3.14. The van der Waals surface area contributed by atoms with Crippen LogP contribution in [0, 0.1) is 10.1 Å². The number of nitro benzene ring substituents is 1. The number of benzene rings is 1. The van der Waals surface area contributed by atoms with E-state index >= 15 is 0 Å². The van der Waals surface area contributed by atoms with Crippen LogP contribution in [0.1, 0.15) is 32.8 Å². The van der Waals surface area contributed by atoms with E-state index in [1.807, 2.05) is 20.8 Å². The molecule has 0 saturated heterocycles. The van der Waals surface area contributed by atoms with Gasteiger partial charge in [0.1, 0.15) is 0 Å². The van der Waals surface area contributed by atoms with Crippen LogP contribution in [0.5, 0.6) is 0 Å². The minimum atomic E-state index is -0.426. The summed E-state index contributed by atoms with van der Waals surface area (Å²) in [4.78, 5) is 22.0. The zero-order valence-electron chi connectivity index (χ0n) is 12.4. The fraction of sp³-hybridized carbons (Fsp3) is 0.500. The summed E-state index contributed by atoms with van der Waals surface area (Å²) in [5, 5.41) is 16.8. The second-order valence-corrected chi connectivity index (χ2v) is 6.62. The molecule has 6 nitrogen and oxygen atoms in total. The zero-order chi connectivity index (χ0) is 16.0. The molecule has 0 saturated carbocycles. The van der Waals surface area contributed by atoms with Gasteiger partial charge >= 0.3 is 0 Å². The summed E-state index contributed by atoms with van der Waals surface area (Å²) in [6.45, 7) is 6.79. The summed E-state index contributed by atoms with van der Waals surface area (Å²) < 4.78 is 0.459. The fourth-order valence-corrected chi connectivity index (χ4v) is 2.11. The molecule has 0 radical (unpaired) electrons. The lowest BCUT2D eigenvalue weighted by Gasteiger charge is -2.20. The lowest BCUT2D eigenvalue weighted by atomic mass is 10.1. The van der Waals surface area contributed by atoms with E-state index in [-0.39, 0.29) is 17.1 Å². The van der Waals surface area contributed by atoms with Crippen molar-refractivity contribution in [1.82, 2.24) is 10.6 Å². The minimum absolute atomic E-state index is 0.0169. The largest absolute Gasteiger partial charge is 0.351 e. The summed E-state index contributed by atoms with van der Waals surface area (Å²) in [5.41, 5.74) is 0.615. The SMILES string of the molecule is CC(C)(C)NC(=O)CCNCc1ccc(Br)c([N+](=O)[O-])c1. The van der Waals surface area contributed by atoms with Crippen molar-refractivity contribution in [2.75, 3.05) is 6.54 Å². The van der Waals surface area contributed by atoms with E-state index in [1.165, 1.54) is 6.07 Å². The molecule has 0 aliphatic rings. The van der Waals surface area contributed by atoms with Gasteiger partial charge in [-0.3, -0.25) is 14.9 Å². The van der Waals surface area contributed by atoms with E-state index in [1.54, 1.807) is 12.1 Å². The van der Waals surface area contributed by atoms with Gasteiger partial charge in [0.15, 0.2) is 0 Å². The second-order valence-electron chi connectivity index (χ2n) is 5.77. The van der Waals surface area contributed by atoms with Crippen LogP contribution >= 0.6 is 15.9 Å². The molecule has 1 amide bonds. The zero-order valence-corrected chi connectivity index (χ0v) is 14.0. The minimum Gasteiger partial charge on any atom is -0.351 e. The Morgan fingerprint density at radius 1 is 1.38 bits per heavy atom. The van der Waals surface area contributed by atoms with Crippen molar-refractivity contribution in [3.8, 4) is 0 Å². The highest BCUT2D eigenvalue weighted by atomic mass is 79.9. The standard InChI is InChI=1S/C14H20BrN3O3/c1-14(2,3)17-13(19)6-7-16-9-10-4-5-11(15)12(8-10)18(20)21/h4-5,8,16H,6-7,9H2,1-3H3,(H,17,19). The maximum absolute atomic E-state index is 11.6. The highest BCUT2D eigenvalue weighted by Gasteiger charge is 2.14. The number of halogens is 1. The predicted octanol–water partition coefficient (Wildman–Crippen LogP) is 2.75. The van der Waals surface area contributed by atoms with Crippen molar-refractivity contribution in [2.24, 2.45) is 0 Å². The second kappa shape index (κ2) is 7.51. The monoisotopic (exact) mass is 357 g/mol. The average molecular weight is 358 g/mol. The smallest absolute Gasteiger partial charge is 0.283 e. The molecule has 0 aliphatic heterocycles. The molecule has 1 aromatic carbocycles. The van der Waals surface area contributed by atoms with Crippen LogP contribution in [0.4, 0.5) is 5.69 Å². The maximum Gasteiger partial charge on any atom is 0.283 e. The number of carbonyl (C=O) groups excluding carboxylic acids is 1. The van der Waals surface area contributed by atoms with Gasteiger partial charge in [-0.05, 0) is 48.3 Å². The molecule has 7 heteroatoms. The number of amides is 1. The lowest BCUT2D eigenvalue weighted by molar-refractivity contribution is -0.385. The van der Waals surface area contributed by atoms with Crippen molar-refractivity contribution < 1.29 is 9.72 Å². The van der Waals surface area contributed by atoms with Crippen LogP contribution in [-0.2, 0) is 11.3 Å². The van der Waals surface area contributed by atoms with E-state index in [9.17, 15) is 14.9 Å². The molecule has 2 N–H and O–H groups in total. The van der Waals surface area contributed by atoms with Crippen molar-refractivity contribution in [2.45, 2.75) is 39.3 Å². The number of nitrogens with zero attached hydrogens (tertiary/aromatic N) is 1. The Balaban J connectivity index is 2.41. The molecule has 0 aromatic heterocycles. The Bertz CT molecular complexity index is 527. The van der Waals surface area contributed by atoms with Gasteiger partial charge in [0.2, 0.25) is 5.91 Å². The van der Waals surface area contributed by atoms with Crippen LogP contribution < -0.4 is 10.6 Å². The van der Waals surface area contributed by atoms with Crippen molar-refractivity contribution in [3.05, 3.63) is 38.3 Å². The molecule has 0 heterocycles. The predicted molar refractivity (Wildman–Crippen MR) is 85.0 cm³/mol. The number of carbonyl (C=O) groups is 1. The first-order valence-electron chi connectivity index (χ1n) is 6.63. The summed E-state index contributed by atoms with van der Waals surface area (Å²) in [6, 6.07) is 4.98. The Morgan fingerprint density at radius 3 is 2.62 bits per heavy atom. The third-order valence-electron chi connectivity index (χ3n) is 2.58. The first kappa shape index (κ1) is 17.6. The Kier molecular flexibility index (Phi) is 6.29. The molecule has 21 heavy (non-hydrogen) atoms. The number of nitro groups is 1.